The molecule has 3 rings (SSSR count). The summed E-state index contributed by atoms with van der Waals surface area (Å²) in [6.45, 7) is 1.26. The van der Waals surface area contributed by atoms with Gasteiger partial charge in [0.25, 0.3) is 5.69 Å². The van der Waals surface area contributed by atoms with E-state index < -0.39 is 20.7 Å². The Labute approximate surface area is 195 Å². The molecule has 0 heterocycles. The first kappa shape index (κ1) is 24.0. The van der Waals surface area contributed by atoms with Crippen molar-refractivity contribution in [2.75, 3.05) is 24.3 Å². The number of nitro groups is 1. The molecule has 0 aliphatic heterocycles. The van der Waals surface area contributed by atoms with Gasteiger partial charge in [-0.3, -0.25) is 14.9 Å². The number of anilines is 2. The molecule has 3 aromatic rings. The zero-order valence-electron chi connectivity index (χ0n) is 17.7. The van der Waals surface area contributed by atoms with Gasteiger partial charge in [-0.05, 0) is 37.3 Å². The summed E-state index contributed by atoms with van der Waals surface area (Å²) in [5.41, 5.74) is 0.570. The molecular formula is C22H20ClN3O6S. The summed E-state index contributed by atoms with van der Waals surface area (Å²) in [5.74, 6) is -0.186. The first-order valence-electron chi connectivity index (χ1n) is 9.60. The molecule has 0 bridgehead atoms. The first-order valence-corrected chi connectivity index (χ1v) is 11.5. The van der Waals surface area contributed by atoms with E-state index in [1.54, 1.807) is 24.3 Å². The first-order chi connectivity index (χ1) is 15.6. The number of rotatable bonds is 8. The van der Waals surface area contributed by atoms with Crippen molar-refractivity contribution in [3.63, 3.8) is 0 Å². The molecule has 3 aromatic carbocycles. The van der Waals surface area contributed by atoms with Crippen molar-refractivity contribution in [2.24, 2.45) is 0 Å². The largest absolute Gasteiger partial charge is 0.497 e. The lowest BCUT2D eigenvalue weighted by Gasteiger charge is -2.15. The van der Waals surface area contributed by atoms with Crippen molar-refractivity contribution in [2.45, 2.75) is 16.7 Å². The minimum absolute atomic E-state index is 0.133. The number of sulfone groups is 1. The highest BCUT2D eigenvalue weighted by Gasteiger charge is 2.25. The number of aryl methyl sites for hydroxylation is 1. The maximum absolute atomic E-state index is 13.4. The van der Waals surface area contributed by atoms with Gasteiger partial charge in [0.05, 0.1) is 44.8 Å². The van der Waals surface area contributed by atoms with Crippen molar-refractivity contribution in [1.29, 1.82) is 0 Å². The van der Waals surface area contributed by atoms with E-state index in [9.17, 15) is 23.3 Å². The predicted octanol–water partition coefficient (Wildman–Crippen LogP) is 4.45. The lowest BCUT2D eigenvalue weighted by Crippen LogP contribution is -2.22. The fraction of sp³-hybridized carbons (Fsp3) is 0.136. The lowest BCUT2D eigenvalue weighted by atomic mass is 10.2. The van der Waals surface area contributed by atoms with Gasteiger partial charge in [-0.15, -0.1) is 0 Å². The monoisotopic (exact) mass is 489 g/mol. The molecule has 9 nitrogen and oxygen atoms in total. The van der Waals surface area contributed by atoms with E-state index in [2.05, 4.69) is 10.6 Å². The molecular weight excluding hydrogens is 470 g/mol. The minimum Gasteiger partial charge on any atom is -0.497 e. The zero-order chi connectivity index (χ0) is 24.2. The van der Waals surface area contributed by atoms with E-state index in [-0.39, 0.29) is 33.5 Å². The molecule has 0 atom stereocenters. The second-order valence-electron chi connectivity index (χ2n) is 6.95. The molecule has 0 spiro atoms. The summed E-state index contributed by atoms with van der Waals surface area (Å²) >= 11 is 6.04. The fourth-order valence-electron chi connectivity index (χ4n) is 3.01. The molecule has 1 amide bonds. The zero-order valence-corrected chi connectivity index (χ0v) is 19.2. The quantitative estimate of drug-likeness (QED) is 0.353. The molecule has 0 aliphatic rings. The summed E-state index contributed by atoms with van der Waals surface area (Å²) in [7, 11) is -2.81. The molecule has 172 valence electrons. The lowest BCUT2D eigenvalue weighted by molar-refractivity contribution is -0.385. The van der Waals surface area contributed by atoms with Crippen LogP contribution in [0.1, 0.15) is 5.56 Å². The highest BCUT2D eigenvalue weighted by Crippen LogP contribution is 2.33. The number of carbonyl (C=O) groups excluding carboxylic acids is 1. The number of halogens is 1. The Morgan fingerprint density at radius 3 is 2.48 bits per heavy atom. The molecule has 0 radical (unpaired) electrons. The van der Waals surface area contributed by atoms with Gasteiger partial charge in [-0.1, -0.05) is 29.8 Å². The molecule has 0 aliphatic carbocycles. The highest BCUT2D eigenvalue weighted by molar-refractivity contribution is 7.91. The Morgan fingerprint density at radius 1 is 1.09 bits per heavy atom. The molecule has 0 fully saturated rings. The SMILES string of the molecule is COc1ccc(NCC(=O)Nc2ccccc2Cl)c(S(=O)(=O)c2ccc(C)c([N+](=O)[O-])c2)c1. The Kier molecular flexibility index (Phi) is 7.19. The molecule has 0 saturated carbocycles. The average Bonchev–Trinajstić information content (AvgIpc) is 2.79. The van der Waals surface area contributed by atoms with Crippen LogP contribution < -0.4 is 15.4 Å². The standard InChI is InChI=1S/C22H20ClN3O6S/c1-14-7-9-16(12-20(14)26(28)29)33(30,31)21-11-15(32-2)8-10-19(21)24-13-22(27)25-18-6-4-3-5-17(18)23/h3-12,24H,13H2,1-2H3,(H,25,27). The van der Waals surface area contributed by atoms with Gasteiger partial charge >= 0.3 is 0 Å². The van der Waals surface area contributed by atoms with Gasteiger partial charge in [0.1, 0.15) is 5.75 Å². The van der Waals surface area contributed by atoms with Crippen LogP contribution in [0.15, 0.2) is 70.5 Å². The third-order valence-corrected chi connectivity index (χ3v) is 6.87. The number of nitrogens with zero attached hydrogens (tertiary/aromatic N) is 1. The van der Waals surface area contributed by atoms with Crippen LogP contribution in [-0.4, -0.2) is 32.9 Å². The maximum Gasteiger partial charge on any atom is 0.273 e. The Bertz CT molecular complexity index is 1330. The molecule has 11 heteroatoms. The molecule has 0 unspecified atom stereocenters. The molecule has 0 aromatic heterocycles. The van der Waals surface area contributed by atoms with Crippen LogP contribution in [0, 0.1) is 17.0 Å². The molecule has 0 saturated heterocycles. The van der Waals surface area contributed by atoms with Crippen LogP contribution in [0.4, 0.5) is 17.1 Å². The van der Waals surface area contributed by atoms with E-state index in [0.717, 1.165) is 6.07 Å². The van der Waals surface area contributed by atoms with Crippen LogP contribution in [0.5, 0.6) is 5.75 Å². The van der Waals surface area contributed by atoms with Crippen molar-refractivity contribution < 1.29 is 22.9 Å². The number of benzene rings is 3. The third-order valence-electron chi connectivity index (χ3n) is 4.75. The second-order valence-corrected chi connectivity index (χ2v) is 9.28. The summed E-state index contributed by atoms with van der Waals surface area (Å²) in [6, 6.07) is 14.6. The van der Waals surface area contributed by atoms with Crippen molar-refractivity contribution >= 4 is 44.4 Å². The van der Waals surface area contributed by atoms with Gasteiger partial charge in [0, 0.05) is 17.7 Å². The van der Waals surface area contributed by atoms with Gasteiger partial charge in [0.2, 0.25) is 15.7 Å². The van der Waals surface area contributed by atoms with Crippen LogP contribution in [0.2, 0.25) is 5.02 Å². The number of para-hydroxylation sites is 1. The van der Waals surface area contributed by atoms with Gasteiger partial charge in [-0.25, -0.2) is 8.42 Å². The topological polar surface area (TPSA) is 128 Å². The number of amides is 1. The summed E-state index contributed by atoms with van der Waals surface area (Å²) in [6.07, 6.45) is 0. The van der Waals surface area contributed by atoms with Crippen LogP contribution in [-0.2, 0) is 14.6 Å². The van der Waals surface area contributed by atoms with Gasteiger partial charge in [0.15, 0.2) is 0 Å². The number of nitro benzene ring substituents is 1. The van der Waals surface area contributed by atoms with Gasteiger partial charge in [-0.2, -0.15) is 0 Å². The smallest absolute Gasteiger partial charge is 0.273 e. The maximum atomic E-state index is 13.4. The van der Waals surface area contributed by atoms with E-state index >= 15 is 0 Å². The van der Waals surface area contributed by atoms with E-state index in [0.29, 0.717) is 16.3 Å². The van der Waals surface area contributed by atoms with Gasteiger partial charge < -0.3 is 15.4 Å². The highest BCUT2D eigenvalue weighted by atomic mass is 35.5. The number of nitrogens with one attached hydrogen (secondary N) is 2. The Morgan fingerprint density at radius 2 is 1.82 bits per heavy atom. The molecule has 33 heavy (non-hydrogen) atoms. The average molecular weight is 490 g/mol. The normalized spacial score (nSPS) is 11.0. The molecule has 2 N–H and O–H groups in total. The number of methoxy groups -OCH3 is 1. The van der Waals surface area contributed by atoms with Crippen LogP contribution >= 0.6 is 11.6 Å². The number of ether oxygens (including phenoxy) is 1. The summed E-state index contributed by atoms with van der Waals surface area (Å²) in [5, 5.41) is 17.1. The number of carbonyl (C=O) groups is 1. The van der Waals surface area contributed by atoms with Crippen LogP contribution in [0.3, 0.4) is 0 Å². The fourth-order valence-corrected chi connectivity index (χ4v) is 4.66. The predicted molar refractivity (Wildman–Crippen MR) is 125 cm³/mol. The van der Waals surface area contributed by atoms with E-state index in [4.69, 9.17) is 16.3 Å². The van der Waals surface area contributed by atoms with Crippen molar-refractivity contribution in [1.82, 2.24) is 0 Å². The minimum atomic E-state index is -4.19. The summed E-state index contributed by atoms with van der Waals surface area (Å²) in [4.78, 5) is 22.6. The Balaban J connectivity index is 1.92. The van der Waals surface area contributed by atoms with E-state index in [1.807, 2.05) is 0 Å². The Hall–Kier alpha value is -3.63. The van der Waals surface area contributed by atoms with Crippen LogP contribution in [0.25, 0.3) is 0 Å². The number of hydrogen-bond acceptors (Lipinski definition) is 7. The third kappa shape index (κ3) is 5.41. The van der Waals surface area contributed by atoms with E-state index in [1.165, 1.54) is 44.4 Å². The van der Waals surface area contributed by atoms with Crippen molar-refractivity contribution in [3.8, 4) is 5.75 Å². The number of hydrogen-bond donors (Lipinski definition) is 2. The second kappa shape index (κ2) is 9.88. The summed E-state index contributed by atoms with van der Waals surface area (Å²) < 4.78 is 31.9. The van der Waals surface area contributed by atoms with Crippen molar-refractivity contribution in [3.05, 3.63) is 81.4 Å².